The zero-order valence-electron chi connectivity index (χ0n) is 14.4. The van der Waals surface area contributed by atoms with Crippen LogP contribution in [0.15, 0.2) is 0 Å². The number of hydrogen-bond acceptors (Lipinski definition) is 4. The van der Waals surface area contributed by atoms with Crippen molar-refractivity contribution in [3.8, 4) is 0 Å². The molecule has 0 aromatic carbocycles. The van der Waals surface area contributed by atoms with E-state index in [-0.39, 0.29) is 24.8 Å². The lowest BCUT2D eigenvalue weighted by Crippen LogP contribution is -2.45. The van der Waals surface area contributed by atoms with Gasteiger partial charge in [0.05, 0.1) is 0 Å². The highest BCUT2D eigenvalue weighted by atomic mass is 35.5. The van der Waals surface area contributed by atoms with Gasteiger partial charge in [0.2, 0.25) is 0 Å². The Kier molecular flexibility index (Phi) is 21.7. The van der Waals surface area contributed by atoms with Gasteiger partial charge in [-0.2, -0.15) is 0 Å². The van der Waals surface area contributed by atoms with Crippen molar-refractivity contribution in [3.63, 3.8) is 0 Å². The molecule has 136 valence electrons. The first kappa shape index (κ1) is 29.1. The van der Waals surface area contributed by atoms with Gasteiger partial charge in [-0.3, -0.25) is 10.0 Å². The normalized spacial score (nSPS) is 9.09. The number of carbonyl (C=O) groups is 2. The number of primary amides is 2. The summed E-state index contributed by atoms with van der Waals surface area (Å²) in [4.78, 5) is 21.3. The van der Waals surface area contributed by atoms with Gasteiger partial charge in [0.25, 0.3) is 0 Å². The fourth-order valence-electron chi connectivity index (χ4n) is 1.44. The zero-order chi connectivity index (χ0) is 16.3. The highest BCUT2D eigenvalue weighted by Gasteiger charge is 2.09. The van der Waals surface area contributed by atoms with Crippen LogP contribution in [0.4, 0.5) is 9.59 Å². The zero-order valence-corrected chi connectivity index (χ0v) is 16.0. The van der Waals surface area contributed by atoms with Gasteiger partial charge in [0.1, 0.15) is 0 Å². The molecule has 0 saturated carbocycles. The Balaban J connectivity index is -0.000000135. The summed E-state index contributed by atoms with van der Waals surface area (Å²) in [7, 11) is 7.17. The van der Waals surface area contributed by atoms with Crippen LogP contribution in [-0.4, -0.2) is 73.4 Å². The average Bonchev–Trinajstić information content (AvgIpc) is 2.32. The van der Waals surface area contributed by atoms with E-state index in [0.29, 0.717) is 13.1 Å². The Hall–Kier alpha value is -0.960. The highest BCUT2D eigenvalue weighted by molar-refractivity contribution is 5.85. The van der Waals surface area contributed by atoms with Gasteiger partial charge in [0.15, 0.2) is 0 Å². The van der Waals surface area contributed by atoms with E-state index in [4.69, 9.17) is 11.5 Å². The fourth-order valence-corrected chi connectivity index (χ4v) is 1.44. The van der Waals surface area contributed by atoms with Gasteiger partial charge >= 0.3 is 12.1 Å². The Morgan fingerprint density at radius 1 is 0.727 bits per heavy atom. The van der Waals surface area contributed by atoms with E-state index in [1.807, 2.05) is 13.8 Å². The highest BCUT2D eigenvalue weighted by Crippen LogP contribution is 1.92. The van der Waals surface area contributed by atoms with Crippen LogP contribution in [0.25, 0.3) is 0 Å². The number of carbonyl (C=O) groups excluding carboxylic acids is 2. The maximum atomic E-state index is 10.6. The van der Waals surface area contributed by atoms with Crippen LogP contribution in [0.5, 0.6) is 0 Å². The van der Waals surface area contributed by atoms with Crippen LogP contribution in [0.1, 0.15) is 26.7 Å². The molecule has 0 spiro atoms. The van der Waals surface area contributed by atoms with Gasteiger partial charge in [-0.05, 0) is 12.8 Å². The number of nitrogens with two attached hydrogens (primary N) is 2. The average molecular weight is 363 g/mol. The first-order valence-corrected chi connectivity index (χ1v) is 6.67. The number of amides is 4. The van der Waals surface area contributed by atoms with E-state index in [1.165, 1.54) is 10.0 Å². The summed E-state index contributed by atoms with van der Waals surface area (Å²) in [5, 5.41) is 6.34. The predicted octanol–water partition coefficient (Wildman–Crippen LogP) is 1.35. The van der Waals surface area contributed by atoms with E-state index in [0.717, 1.165) is 12.8 Å². The molecule has 4 N–H and O–H groups in total. The second-order valence-corrected chi connectivity index (χ2v) is 4.62. The van der Waals surface area contributed by atoms with Crippen molar-refractivity contribution >= 4 is 36.9 Å². The summed E-state index contributed by atoms with van der Waals surface area (Å²) < 4.78 is 0. The molecule has 0 rings (SSSR count). The van der Waals surface area contributed by atoms with Crippen LogP contribution >= 0.6 is 24.8 Å². The lowest BCUT2D eigenvalue weighted by molar-refractivity contribution is 0.0683. The molecule has 0 aliphatic heterocycles. The Morgan fingerprint density at radius 2 is 0.955 bits per heavy atom. The van der Waals surface area contributed by atoms with E-state index in [2.05, 4.69) is 0 Å². The van der Waals surface area contributed by atoms with Crippen molar-refractivity contribution in [2.24, 2.45) is 11.5 Å². The molecular weight excluding hydrogens is 331 g/mol. The first-order chi connectivity index (χ1) is 9.18. The van der Waals surface area contributed by atoms with E-state index in [9.17, 15) is 9.59 Å². The molecule has 4 amide bonds. The summed E-state index contributed by atoms with van der Waals surface area (Å²) in [6.07, 6.45) is 1.84. The van der Waals surface area contributed by atoms with Gasteiger partial charge < -0.3 is 11.5 Å². The second-order valence-electron chi connectivity index (χ2n) is 4.62. The van der Waals surface area contributed by atoms with Crippen molar-refractivity contribution in [2.75, 3.05) is 41.3 Å². The summed E-state index contributed by atoms with van der Waals surface area (Å²) in [6, 6.07) is -0.793. The van der Waals surface area contributed by atoms with Crippen molar-refractivity contribution in [1.82, 2.24) is 20.0 Å². The number of hydrogen-bond donors (Lipinski definition) is 2. The third-order valence-electron chi connectivity index (χ3n) is 2.35. The molecule has 0 aliphatic rings. The van der Waals surface area contributed by atoms with Gasteiger partial charge in [-0.1, -0.05) is 13.8 Å². The van der Waals surface area contributed by atoms with E-state index in [1.54, 1.807) is 38.2 Å². The second kappa shape index (κ2) is 16.4. The molecular formula is C12H32Cl2N6O2. The molecule has 0 aromatic rings. The van der Waals surface area contributed by atoms with Gasteiger partial charge in [-0.25, -0.2) is 19.6 Å². The van der Waals surface area contributed by atoms with Crippen LogP contribution in [0, 0.1) is 0 Å². The van der Waals surface area contributed by atoms with Crippen molar-refractivity contribution in [3.05, 3.63) is 0 Å². The molecule has 0 radical (unpaired) electrons. The SMILES string of the molecule is CCCN(C(N)=O)N(C)C.CCCN(C(N)=O)N(C)C.Cl.Cl. The lowest BCUT2D eigenvalue weighted by atomic mass is 10.5. The minimum Gasteiger partial charge on any atom is -0.350 e. The lowest BCUT2D eigenvalue weighted by Gasteiger charge is -2.26. The maximum Gasteiger partial charge on any atom is 0.329 e. The van der Waals surface area contributed by atoms with Crippen LogP contribution < -0.4 is 11.5 Å². The molecule has 0 fully saturated rings. The topological polar surface area (TPSA) is 99.1 Å². The number of hydrazine groups is 2. The molecule has 0 unspecified atom stereocenters. The Labute approximate surface area is 146 Å². The molecule has 10 heteroatoms. The molecule has 22 heavy (non-hydrogen) atoms. The summed E-state index contributed by atoms with van der Waals surface area (Å²) >= 11 is 0. The third kappa shape index (κ3) is 14.0. The van der Waals surface area contributed by atoms with Crippen molar-refractivity contribution in [2.45, 2.75) is 26.7 Å². The summed E-state index contributed by atoms with van der Waals surface area (Å²) in [5.74, 6) is 0. The summed E-state index contributed by atoms with van der Waals surface area (Å²) in [5.41, 5.74) is 10.1. The predicted molar refractivity (Wildman–Crippen MR) is 95.0 cm³/mol. The fraction of sp³-hybridized carbons (Fsp3) is 0.833. The molecule has 0 bridgehead atoms. The third-order valence-corrected chi connectivity index (χ3v) is 2.35. The van der Waals surface area contributed by atoms with Gasteiger partial charge in [0, 0.05) is 41.3 Å². The van der Waals surface area contributed by atoms with Gasteiger partial charge in [-0.15, -0.1) is 24.8 Å². The Bertz CT molecular complexity index is 265. The van der Waals surface area contributed by atoms with Crippen molar-refractivity contribution < 1.29 is 9.59 Å². The quantitative estimate of drug-likeness (QED) is 0.696. The van der Waals surface area contributed by atoms with Crippen LogP contribution in [0.2, 0.25) is 0 Å². The smallest absolute Gasteiger partial charge is 0.329 e. The van der Waals surface area contributed by atoms with E-state index >= 15 is 0 Å². The van der Waals surface area contributed by atoms with Crippen LogP contribution in [0.3, 0.4) is 0 Å². The number of urea groups is 2. The number of nitrogens with zero attached hydrogens (tertiary/aromatic N) is 4. The first-order valence-electron chi connectivity index (χ1n) is 6.67. The van der Waals surface area contributed by atoms with Crippen LogP contribution in [-0.2, 0) is 0 Å². The monoisotopic (exact) mass is 362 g/mol. The van der Waals surface area contributed by atoms with E-state index < -0.39 is 12.1 Å². The number of rotatable bonds is 6. The molecule has 0 aromatic heterocycles. The minimum absolute atomic E-state index is 0. The minimum atomic E-state index is -0.396. The Morgan fingerprint density at radius 3 is 1.00 bits per heavy atom. The number of halogens is 2. The molecule has 0 aliphatic carbocycles. The molecule has 8 nitrogen and oxygen atoms in total. The maximum absolute atomic E-state index is 10.6. The van der Waals surface area contributed by atoms with Crippen molar-refractivity contribution in [1.29, 1.82) is 0 Å². The largest absolute Gasteiger partial charge is 0.350 e. The molecule has 0 heterocycles. The standard InChI is InChI=1S/2C6H15N3O.2ClH/c2*1-4-5-9(6(7)10)8(2)3;;/h2*4-5H2,1-3H3,(H2,7,10);2*1H. The summed E-state index contributed by atoms with van der Waals surface area (Å²) in [6.45, 7) is 5.36. The molecule has 0 atom stereocenters. The molecule has 0 saturated heterocycles.